The summed E-state index contributed by atoms with van der Waals surface area (Å²) in [5.74, 6) is 0.544. The third kappa shape index (κ3) is 4.11. The van der Waals surface area contributed by atoms with Gasteiger partial charge in [0, 0.05) is 29.1 Å². The van der Waals surface area contributed by atoms with E-state index in [4.69, 9.17) is 0 Å². The van der Waals surface area contributed by atoms with Crippen molar-refractivity contribution in [3.8, 4) is 5.69 Å². The first-order valence-corrected chi connectivity index (χ1v) is 9.20. The number of rotatable bonds is 6. The van der Waals surface area contributed by atoms with Gasteiger partial charge < -0.3 is 5.32 Å². The summed E-state index contributed by atoms with van der Waals surface area (Å²) in [5.41, 5.74) is 3.91. The lowest BCUT2D eigenvalue weighted by Crippen LogP contribution is -2.05. The molecule has 29 heavy (non-hydrogen) atoms. The Labute approximate surface area is 168 Å². The van der Waals surface area contributed by atoms with Crippen LogP contribution >= 0.6 is 0 Å². The third-order valence-electron chi connectivity index (χ3n) is 4.42. The standard InChI is InChI=1S/C23H19N5O/c1-17-12-13-20(23(29)18-8-4-2-5-9-18)21(16-17)24-15-14-22-25-26-27-28(22)19-10-6-3-7-11-19/h2-16,24H,1H3/b15-14-. The molecule has 4 aromatic rings. The molecular weight excluding hydrogens is 362 g/mol. The molecule has 0 aliphatic rings. The molecule has 0 spiro atoms. The van der Waals surface area contributed by atoms with Crippen LogP contribution in [0.25, 0.3) is 11.8 Å². The lowest BCUT2D eigenvalue weighted by molar-refractivity contribution is 0.103. The molecule has 0 amide bonds. The van der Waals surface area contributed by atoms with E-state index in [1.165, 1.54) is 0 Å². The van der Waals surface area contributed by atoms with Crippen molar-refractivity contribution < 1.29 is 4.79 Å². The number of carbonyl (C=O) groups excluding carboxylic acids is 1. The number of nitrogens with one attached hydrogen (secondary N) is 1. The quantitative estimate of drug-likeness (QED) is 0.505. The van der Waals surface area contributed by atoms with E-state index in [0.717, 1.165) is 16.9 Å². The first-order chi connectivity index (χ1) is 14.2. The van der Waals surface area contributed by atoms with Crippen LogP contribution < -0.4 is 5.32 Å². The fourth-order valence-corrected chi connectivity index (χ4v) is 2.98. The van der Waals surface area contributed by atoms with Crippen LogP contribution in [-0.4, -0.2) is 26.0 Å². The van der Waals surface area contributed by atoms with Crippen LogP contribution in [-0.2, 0) is 0 Å². The highest BCUT2D eigenvalue weighted by Gasteiger charge is 2.13. The molecule has 0 saturated heterocycles. The van der Waals surface area contributed by atoms with Crippen molar-refractivity contribution in [1.82, 2.24) is 20.2 Å². The summed E-state index contributed by atoms with van der Waals surface area (Å²) in [7, 11) is 0. The normalized spacial score (nSPS) is 10.9. The van der Waals surface area contributed by atoms with Crippen LogP contribution in [0, 0.1) is 6.92 Å². The molecule has 0 radical (unpaired) electrons. The predicted octanol–water partition coefficient (Wildman–Crippen LogP) is 4.28. The summed E-state index contributed by atoms with van der Waals surface area (Å²) in [6.45, 7) is 1.99. The number of tetrazole rings is 1. The van der Waals surface area contributed by atoms with E-state index >= 15 is 0 Å². The van der Waals surface area contributed by atoms with E-state index in [1.54, 1.807) is 17.0 Å². The van der Waals surface area contributed by atoms with Gasteiger partial charge in [-0.15, -0.1) is 5.10 Å². The zero-order chi connectivity index (χ0) is 20.1. The molecule has 4 rings (SSSR count). The lowest BCUT2D eigenvalue weighted by Gasteiger charge is -2.10. The molecule has 3 aromatic carbocycles. The molecule has 1 aromatic heterocycles. The van der Waals surface area contributed by atoms with E-state index in [9.17, 15) is 4.79 Å². The Balaban J connectivity index is 1.59. The summed E-state index contributed by atoms with van der Waals surface area (Å²) in [5, 5.41) is 15.1. The van der Waals surface area contributed by atoms with Gasteiger partial charge in [-0.3, -0.25) is 4.79 Å². The largest absolute Gasteiger partial charge is 0.361 e. The van der Waals surface area contributed by atoms with Gasteiger partial charge >= 0.3 is 0 Å². The van der Waals surface area contributed by atoms with Crippen molar-refractivity contribution >= 4 is 17.5 Å². The fraction of sp³-hybridized carbons (Fsp3) is 0.0435. The number of anilines is 1. The molecule has 0 unspecified atom stereocenters. The summed E-state index contributed by atoms with van der Waals surface area (Å²) in [6, 6.07) is 24.6. The number of benzene rings is 3. The van der Waals surface area contributed by atoms with Crippen molar-refractivity contribution in [1.29, 1.82) is 0 Å². The highest BCUT2D eigenvalue weighted by atomic mass is 16.1. The molecule has 0 atom stereocenters. The third-order valence-corrected chi connectivity index (χ3v) is 4.42. The van der Waals surface area contributed by atoms with Gasteiger partial charge in [0.05, 0.1) is 5.69 Å². The summed E-state index contributed by atoms with van der Waals surface area (Å²) >= 11 is 0. The molecule has 0 saturated carbocycles. The average Bonchev–Trinajstić information content (AvgIpc) is 3.23. The van der Waals surface area contributed by atoms with Gasteiger partial charge in [0.1, 0.15) is 0 Å². The Morgan fingerprint density at radius 3 is 2.45 bits per heavy atom. The Kier molecular flexibility index (Phi) is 5.25. The smallest absolute Gasteiger partial charge is 0.195 e. The molecule has 0 fully saturated rings. The summed E-state index contributed by atoms with van der Waals surface area (Å²) in [4.78, 5) is 12.9. The van der Waals surface area contributed by atoms with E-state index in [0.29, 0.717) is 17.0 Å². The minimum Gasteiger partial charge on any atom is -0.361 e. The van der Waals surface area contributed by atoms with E-state index in [1.807, 2.05) is 85.8 Å². The number of hydrogen-bond acceptors (Lipinski definition) is 5. The first kappa shape index (κ1) is 18.3. The second kappa shape index (κ2) is 8.31. The maximum atomic E-state index is 12.9. The number of carbonyl (C=O) groups is 1. The summed E-state index contributed by atoms with van der Waals surface area (Å²) in [6.07, 6.45) is 3.51. The van der Waals surface area contributed by atoms with Crippen LogP contribution in [0.4, 0.5) is 5.69 Å². The number of para-hydroxylation sites is 1. The Morgan fingerprint density at radius 1 is 0.966 bits per heavy atom. The molecule has 0 aliphatic heterocycles. The van der Waals surface area contributed by atoms with Crippen LogP contribution in [0.2, 0.25) is 0 Å². The van der Waals surface area contributed by atoms with Crippen molar-refractivity contribution in [3.63, 3.8) is 0 Å². The van der Waals surface area contributed by atoms with Gasteiger partial charge in [0.2, 0.25) is 0 Å². The van der Waals surface area contributed by atoms with Gasteiger partial charge in [-0.25, -0.2) is 0 Å². The Hall–Kier alpha value is -4.06. The number of nitrogens with zero attached hydrogens (tertiary/aromatic N) is 4. The van der Waals surface area contributed by atoms with Gasteiger partial charge in [-0.05, 0) is 47.2 Å². The highest BCUT2D eigenvalue weighted by molar-refractivity contribution is 6.12. The highest BCUT2D eigenvalue weighted by Crippen LogP contribution is 2.21. The van der Waals surface area contributed by atoms with Gasteiger partial charge in [0.15, 0.2) is 11.6 Å². The maximum absolute atomic E-state index is 12.9. The van der Waals surface area contributed by atoms with Gasteiger partial charge in [0.25, 0.3) is 0 Å². The summed E-state index contributed by atoms with van der Waals surface area (Å²) < 4.78 is 1.64. The van der Waals surface area contributed by atoms with Crippen molar-refractivity contribution in [2.24, 2.45) is 0 Å². The Bertz CT molecular complexity index is 1150. The molecule has 1 N–H and O–H groups in total. The molecule has 142 valence electrons. The van der Waals surface area contributed by atoms with Crippen molar-refractivity contribution in [2.45, 2.75) is 6.92 Å². The second-order valence-electron chi connectivity index (χ2n) is 6.51. The minimum atomic E-state index is -0.0318. The topological polar surface area (TPSA) is 72.7 Å². The predicted molar refractivity (Wildman–Crippen MR) is 113 cm³/mol. The molecule has 0 bridgehead atoms. The average molecular weight is 381 g/mol. The molecule has 6 nitrogen and oxygen atoms in total. The maximum Gasteiger partial charge on any atom is 0.195 e. The number of hydrogen-bond donors (Lipinski definition) is 1. The Morgan fingerprint density at radius 2 is 1.69 bits per heavy atom. The van der Waals surface area contributed by atoms with Crippen LogP contribution in [0.5, 0.6) is 0 Å². The zero-order valence-electron chi connectivity index (χ0n) is 15.9. The second-order valence-corrected chi connectivity index (χ2v) is 6.51. The lowest BCUT2D eigenvalue weighted by atomic mass is 10.0. The number of aryl methyl sites for hydroxylation is 1. The molecule has 6 heteroatoms. The van der Waals surface area contributed by atoms with E-state index in [2.05, 4.69) is 20.8 Å². The minimum absolute atomic E-state index is 0.0318. The van der Waals surface area contributed by atoms with E-state index in [-0.39, 0.29) is 5.78 Å². The molecule has 1 heterocycles. The van der Waals surface area contributed by atoms with Gasteiger partial charge in [-0.1, -0.05) is 54.6 Å². The van der Waals surface area contributed by atoms with Crippen molar-refractivity contribution in [3.05, 3.63) is 108 Å². The fourth-order valence-electron chi connectivity index (χ4n) is 2.98. The number of aromatic nitrogens is 4. The first-order valence-electron chi connectivity index (χ1n) is 9.20. The molecular formula is C23H19N5O. The van der Waals surface area contributed by atoms with Crippen LogP contribution in [0.3, 0.4) is 0 Å². The zero-order valence-corrected chi connectivity index (χ0v) is 15.9. The number of ketones is 1. The van der Waals surface area contributed by atoms with Crippen LogP contribution in [0.1, 0.15) is 27.3 Å². The SMILES string of the molecule is Cc1ccc(C(=O)c2ccccc2)c(N/C=C\c2nnnn2-c2ccccc2)c1. The van der Waals surface area contributed by atoms with Gasteiger partial charge in [-0.2, -0.15) is 4.68 Å². The van der Waals surface area contributed by atoms with Crippen LogP contribution in [0.15, 0.2) is 85.1 Å². The monoisotopic (exact) mass is 381 g/mol. The molecule has 0 aliphatic carbocycles. The van der Waals surface area contributed by atoms with E-state index < -0.39 is 0 Å². The van der Waals surface area contributed by atoms with Crippen molar-refractivity contribution in [2.75, 3.05) is 5.32 Å².